The molecular formula is C15H17BBrNO2. The Labute approximate surface area is 129 Å². The van der Waals surface area contributed by atoms with E-state index < -0.39 is 0 Å². The maximum atomic E-state index is 6.16. The summed E-state index contributed by atoms with van der Waals surface area (Å²) in [5.74, 6) is 1.90. The third-order valence-corrected chi connectivity index (χ3v) is 4.16. The fourth-order valence-electron chi connectivity index (χ4n) is 2.63. The molecule has 20 heavy (non-hydrogen) atoms. The summed E-state index contributed by atoms with van der Waals surface area (Å²) < 4.78 is 11.6. The summed E-state index contributed by atoms with van der Waals surface area (Å²) in [6, 6.07) is 3.99. The van der Waals surface area contributed by atoms with E-state index in [2.05, 4.69) is 33.8 Å². The Hall–Kier alpha value is -0.935. The Kier molecular flexibility index (Phi) is 4.08. The molecule has 104 valence electrons. The first-order valence-corrected chi connectivity index (χ1v) is 7.84. The molecule has 2 radical (unpaired) electrons. The molecule has 0 amide bonds. The number of morpholine rings is 1. The Morgan fingerprint density at radius 3 is 2.75 bits per heavy atom. The average Bonchev–Trinajstić information content (AvgIpc) is 2.46. The first-order valence-electron chi connectivity index (χ1n) is 6.92. The molecule has 1 atom stereocenters. The van der Waals surface area contributed by atoms with E-state index in [1.54, 1.807) is 0 Å². The molecule has 1 aromatic rings. The SMILES string of the molecule is [B]c1cc2c(c(C(C)Br)c1)OC(N1CCOCC1)=CC2. The van der Waals surface area contributed by atoms with Crippen LogP contribution in [0.5, 0.6) is 5.75 Å². The van der Waals surface area contributed by atoms with E-state index >= 15 is 0 Å². The number of hydrogen-bond donors (Lipinski definition) is 0. The Bertz CT molecular complexity index is 539. The van der Waals surface area contributed by atoms with Gasteiger partial charge >= 0.3 is 0 Å². The smallest absolute Gasteiger partial charge is 0.192 e. The van der Waals surface area contributed by atoms with Gasteiger partial charge in [-0.1, -0.05) is 33.5 Å². The summed E-state index contributed by atoms with van der Waals surface area (Å²) in [7, 11) is 5.97. The molecule has 0 spiro atoms. The topological polar surface area (TPSA) is 21.7 Å². The quantitative estimate of drug-likeness (QED) is 0.610. The number of nitrogens with zero attached hydrogens (tertiary/aromatic N) is 1. The molecule has 0 saturated carbocycles. The van der Waals surface area contributed by atoms with Crippen LogP contribution in [0.15, 0.2) is 24.1 Å². The number of benzene rings is 1. The lowest BCUT2D eigenvalue weighted by Crippen LogP contribution is -2.38. The van der Waals surface area contributed by atoms with Gasteiger partial charge in [-0.2, -0.15) is 0 Å². The highest BCUT2D eigenvalue weighted by Gasteiger charge is 2.23. The van der Waals surface area contributed by atoms with Crippen molar-refractivity contribution in [2.45, 2.75) is 18.2 Å². The van der Waals surface area contributed by atoms with Crippen molar-refractivity contribution >= 4 is 29.2 Å². The van der Waals surface area contributed by atoms with Crippen LogP contribution in [0.25, 0.3) is 0 Å². The zero-order valence-corrected chi connectivity index (χ0v) is 13.1. The highest BCUT2D eigenvalue weighted by atomic mass is 79.9. The number of rotatable bonds is 2. The molecule has 2 heterocycles. The largest absolute Gasteiger partial charge is 0.441 e. The van der Waals surface area contributed by atoms with Crippen molar-refractivity contribution in [2.24, 2.45) is 0 Å². The van der Waals surface area contributed by atoms with Crippen LogP contribution in [0.4, 0.5) is 0 Å². The number of ether oxygens (including phenoxy) is 2. The lowest BCUT2D eigenvalue weighted by atomic mass is 9.89. The van der Waals surface area contributed by atoms with Gasteiger partial charge in [0.05, 0.1) is 13.2 Å². The normalized spacial score (nSPS) is 19.9. The van der Waals surface area contributed by atoms with Gasteiger partial charge in [0.25, 0.3) is 0 Å². The van der Waals surface area contributed by atoms with Crippen molar-refractivity contribution in [3.63, 3.8) is 0 Å². The van der Waals surface area contributed by atoms with Crippen LogP contribution in [0.3, 0.4) is 0 Å². The van der Waals surface area contributed by atoms with Gasteiger partial charge in [-0.25, -0.2) is 0 Å². The summed E-state index contributed by atoms with van der Waals surface area (Å²) in [5, 5.41) is 0. The van der Waals surface area contributed by atoms with Crippen molar-refractivity contribution in [3.05, 3.63) is 35.2 Å². The number of hydrogen-bond acceptors (Lipinski definition) is 3. The third kappa shape index (κ3) is 2.74. The number of halogens is 1. The highest BCUT2D eigenvalue weighted by molar-refractivity contribution is 9.09. The average molecular weight is 334 g/mol. The fourth-order valence-corrected chi connectivity index (χ4v) is 2.97. The Balaban J connectivity index is 1.89. The van der Waals surface area contributed by atoms with Gasteiger partial charge in [-0.15, -0.1) is 0 Å². The summed E-state index contributed by atoms with van der Waals surface area (Å²) in [6.07, 6.45) is 3.00. The number of alkyl halides is 1. The van der Waals surface area contributed by atoms with Gasteiger partial charge in [0.15, 0.2) is 5.88 Å². The van der Waals surface area contributed by atoms with E-state index in [1.165, 1.54) is 0 Å². The third-order valence-electron chi connectivity index (χ3n) is 3.67. The van der Waals surface area contributed by atoms with Crippen molar-refractivity contribution in [3.8, 4) is 5.75 Å². The first-order chi connectivity index (χ1) is 9.65. The van der Waals surface area contributed by atoms with Crippen LogP contribution in [-0.4, -0.2) is 39.0 Å². The van der Waals surface area contributed by atoms with Gasteiger partial charge in [-0.3, -0.25) is 0 Å². The zero-order chi connectivity index (χ0) is 14.1. The van der Waals surface area contributed by atoms with E-state index in [-0.39, 0.29) is 4.83 Å². The molecule has 1 fully saturated rings. The van der Waals surface area contributed by atoms with Crippen LogP contribution < -0.4 is 10.2 Å². The number of allylic oxidation sites excluding steroid dienone is 1. The van der Waals surface area contributed by atoms with E-state index in [9.17, 15) is 0 Å². The van der Waals surface area contributed by atoms with Crippen LogP contribution in [0.2, 0.25) is 0 Å². The zero-order valence-electron chi connectivity index (χ0n) is 11.6. The van der Waals surface area contributed by atoms with Crippen LogP contribution >= 0.6 is 15.9 Å². The van der Waals surface area contributed by atoms with Gasteiger partial charge in [0.1, 0.15) is 13.6 Å². The van der Waals surface area contributed by atoms with Crippen LogP contribution in [0, 0.1) is 0 Å². The van der Waals surface area contributed by atoms with Crippen molar-refractivity contribution in [1.29, 1.82) is 0 Å². The molecule has 2 aliphatic rings. The summed E-state index contributed by atoms with van der Waals surface area (Å²) in [4.78, 5) is 2.45. The molecule has 1 unspecified atom stereocenters. The molecular weight excluding hydrogens is 317 g/mol. The molecule has 0 aliphatic carbocycles. The highest BCUT2D eigenvalue weighted by Crippen LogP contribution is 2.37. The second-order valence-corrected chi connectivity index (χ2v) is 6.54. The molecule has 2 aliphatic heterocycles. The van der Waals surface area contributed by atoms with E-state index in [0.29, 0.717) is 0 Å². The standard InChI is InChI=1S/C15H17BBrNO2/c1-10(17)13-9-12(16)8-11-2-3-14(20-15(11)13)18-4-6-19-7-5-18/h3,8-10H,2,4-7H2,1H3. The van der Waals surface area contributed by atoms with Crippen molar-refractivity contribution in [1.82, 2.24) is 4.90 Å². The summed E-state index contributed by atoms with van der Waals surface area (Å²) >= 11 is 3.62. The van der Waals surface area contributed by atoms with Crippen molar-refractivity contribution < 1.29 is 9.47 Å². The summed E-state index contributed by atoms with van der Waals surface area (Å²) in [6.45, 7) is 5.38. The summed E-state index contributed by atoms with van der Waals surface area (Å²) in [5.41, 5.74) is 3.05. The second kappa shape index (κ2) is 5.82. The van der Waals surface area contributed by atoms with Gasteiger partial charge in [0.2, 0.25) is 0 Å². The molecule has 1 saturated heterocycles. The van der Waals surface area contributed by atoms with Gasteiger partial charge in [0, 0.05) is 23.5 Å². The minimum absolute atomic E-state index is 0.212. The van der Waals surface area contributed by atoms with E-state index in [0.717, 1.165) is 60.9 Å². The van der Waals surface area contributed by atoms with Gasteiger partial charge in [-0.05, 0) is 25.0 Å². The predicted molar refractivity (Wildman–Crippen MR) is 84.0 cm³/mol. The first kappa shape index (κ1) is 14.0. The monoisotopic (exact) mass is 333 g/mol. The molecule has 0 bridgehead atoms. The predicted octanol–water partition coefficient (Wildman–Crippen LogP) is 2.04. The van der Waals surface area contributed by atoms with E-state index in [4.69, 9.17) is 17.3 Å². The minimum Gasteiger partial charge on any atom is -0.441 e. The molecule has 0 N–H and O–H groups in total. The fraction of sp³-hybridized carbons (Fsp3) is 0.467. The van der Waals surface area contributed by atoms with E-state index in [1.807, 2.05) is 12.1 Å². The maximum absolute atomic E-state index is 6.16. The van der Waals surface area contributed by atoms with Crippen LogP contribution in [-0.2, 0) is 11.2 Å². The Morgan fingerprint density at radius 1 is 1.30 bits per heavy atom. The second-order valence-electron chi connectivity index (χ2n) is 5.16. The molecule has 3 rings (SSSR count). The maximum Gasteiger partial charge on any atom is 0.192 e. The minimum atomic E-state index is 0.212. The lowest BCUT2D eigenvalue weighted by Gasteiger charge is -2.33. The van der Waals surface area contributed by atoms with Gasteiger partial charge < -0.3 is 14.4 Å². The molecule has 3 nitrogen and oxygen atoms in total. The van der Waals surface area contributed by atoms with Crippen LogP contribution in [0.1, 0.15) is 22.9 Å². The Morgan fingerprint density at radius 2 is 2.05 bits per heavy atom. The number of fused-ring (bicyclic) bond motifs is 1. The van der Waals surface area contributed by atoms with Crippen molar-refractivity contribution in [2.75, 3.05) is 26.3 Å². The molecule has 1 aromatic carbocycles. The lowest BCUT2D eigenvalue weighted by molar-refractivity contribution is 0.0338. The molecule has 5 heteroatoms. The molecule has 0 aromatic heterocycles.